The zero-order chi connectivity index (χ0) is 25.2. The van der Waals surface area contributed by atoms with Crippen molar-refractivity contribution < 1.29 is 13.2 Å². The molecule has 0 bridgehead atoms. The molecule has 1 heterocycles. The summed E-state index contributed by atoms with van der Waals surface area (Å²) in [5.74, 6) is -0.477. The second kappa shape index (κ2) is 10.5. The van der Waals surface area contributed by atoms with Crippen molar-refractivity contribution >= 4 is 17.2 Å². The Morgan fingerprint density at radius 1 is 0.889 bits per heavy atom. The monoisotopic (exact) mass is 487 g/mol. The summed E-state index contributed by atoms with van der Waals surface area (Å²) in [6.07, 6.45) is 5.28. The Morgan fingerprint density at radius 3 is 2.44 bits per heavy atom. The molecule has 186 valence electrons. The number of halogens is 3. The summed E-state index contributed by atoms with van der Waals surface area (Å²) < 4.78 is 42.0. The third-order valence-electron chi connectivity index (χ3n) is 7.41. The van der Waals surface area contributed by atoms with Gasteiger partial charge in [0.15, 0.2) is 0 Å². The second-order valence-electron chi connectivity index (χ2n) is 10.1. The van der Waals surface area contributed by atoms with Crippen molar-refractivity contribution in [1.82, 2.24) is 4.90 Å². The van der Waals surface area contributed by atoms with Gasteiger partial charge in [0, 0.05) is 25.2 Å². The predicted octanol–water partition coefficient (Wildman–Crippen LogP) is 7.94. The van der Waals surface area contributed by atoms with Crippen molar-refractivity contribution in [3.8, 4) is 0 Å². The molecule has 4 heteroatoms. The minimum Gasteiger partial charge on any atom is -0.295 e. The van der Waals surface area contributed by atoms with Gasteiger partial charge in [-0.3, -0.25) is 9.29 Å². The van der Waals surface area contributed by atoms with Crippen molar-refractivity contribution in [3.63, 3.8) is 0 Å². The lowest BCUT2D eigenvalue weighted by atomic mass is 9.85. The number of alkyl halides is 1. The van der Waals surface area contributed by atoms with Gasteiger partial charge >= 0.3 is 0 Å². The Balaban J connectivity index is 1.60. The molecule has 0 saturated carbocycles. The van der Waals surface area contributed by atoms with Gasteiger partial charge in [-0.1, -0.05) is 36.4 Å². The highest BCUT2D eigenvalue weighted by Gasteiger charge is 2.24. The lowest BCUT2D eigenvalue weighted by molar-refractivity contribution is 0.239. The number of aryl methyl sites for hydroxylation is 3. The van der Waals surface area contributed by atoms with Crippen LogP contribution in [0.3, 0.4) is 0 Å². The largest absolute Gasteiger partial charge is 0.295 e. The smallest absolute Gasteiger partial charge is 0.131 e. The third kappa shape index (κ3) is 4.92. The van der Waals surface area contributed by atoms with Gasteiger partial charge < -0.3 is 0 Å². The van der Waals surface area contributed by atoms with Crippen molar-refractivity contribution in [1.29, 1.82) is 0 Å². The number of hydrogen-bond donors (Lipinski definition) is 0. The van der Waals surface area contributed by atoms with E-state index in [1.807, 2.05) is 32.1 Å². The zero-order valence-electron chi connectivity index (χ0n) is 21.0. The highest BCUT2D eigenvalue weighted by Crippen LogP contribution is 2.41. The molecule has 0 amide bonds. The molecular weight excluding hydrogens is 455 g/mol. The SMILES string of the molecule is Cc1cc(F)ccc1C1=C(c2cc(C)c(C=C3CN(CCCF)C3)c(F)c2)c2ccccc2CCC1. The van der Waals surface area contributed by atoms with Crippen LogP contribution in [0.15, 0.2) is 60.2 Å². The highest BCUT2D eigenvalue weighted by atomic mass is 19.1. The van der Waals surface area contributed by atoms with Crippen LogP contribution in [0.2, 0.25) is 0 Å². The van der Waals surface area contributed by atoms with Crippen LogP contribution in [0, 0.1) is 25.5 Å². The van der Waals surface area contributed by atoms with Gasteiger partial charge in [-0.15, -0.1) is 0 Å². The van der Waals surface area contributed by atoms with Gasteiger partial charge in [0.25, 0.3) is 0 Å². The van der Waals surface area contributed by atoms with Crippen molar-refractivity contribution in [3.05, 3.63) is 111 Å². The summed E-state index contributed by atoms with van der Waals surface area (Å²) in [7, 11) is 0. The van der Waals surface area contributed by atoms with Crippen LogP contribution in [0.4, 0.5) is 13.2 Å². The molecule has 1 aliphatic heterocycles. The molecule has 1 fully saturated rings. The fourth-order valence-electron chi connectivity index (χ4n) is 5.64. The topological polar surface area (TPSA) is 3.24 Å². The van der Waals surface area contributed by atoms with E-state index in [0.29, 0.717) is 12.0 Å². The Bertz CT molecular complexity index is 1320. The standard InChI is InChI=1S/C32H32F3N/c1-21-15-25(18-31(35)30(21)17-23-19-36(20-23)14-6-13-33)32-28-9-4-3-7-24(28)8-5-10-29(32)27-12-11-26(34)16-22(27)2/h3-4,7,9,11-12,15-18H,5-6,8,10,13-14,19-20H2,1-2H3. The summed E-state index contributed by atoms with van der Waals surface area (Å²) >= 11 is 0. The van der Waals surface area contributed by atoms with E-state index < -0.39 is 0 Å². The number of fused-ring (bicyclic) bond motifs is 1. The molecule has 0 unspecified atom stereocenters. The van der Waals surface area contributed by atoms with E-state index in [9.17, 15) is 8.78 Å². The fraction of sp³-hybridized carbons (Fsp3) is 0.312. The first-order valence-electron chi connectivity index (χ1n) is 12.8. The first-order valence-corrected chi connectivity index (χ1v) is 12.8. The van der Waals surface area contributed by atoms with Crippen LogP contribution in [0.5, 0.6) is 0 Å². The van der Waals surface area contributed by atoms with E-state index in [4.69, 9.17) is 0 Å². The molecule has 5 rings (SSSR count). The second-order valence-corrected chi connectivity index (χ2v) is 10.1. The van der Waals surface area contributed by atoms with Crippen LogP contribution in [0.1, 0.15) is 58.2 Å². The van der Waals surface area contributed by atoms with Crippen molar-refractivity contribution in [2.45, 2.75) is 39.5 Å². The molecule has 1 aliphatic carbocycles. The van der Waals surface area contributed by atoms with Crippen LogP contribution in [-0.4, -0.2) is 31.2 Å². The van der Waals surface area contributed by atoms with E-state index in [0.717, 1.165) is 77.9 Å². The maximum Gasteiger partial charge on any atom is 0.131 e. The molecule has 0 spiro atoms. The quantitative estimate of drug-likeness (QED) is 0.341. The molecule has 0 atom stereocenters. The minimum absolute atomic E-state index is 0.232. The van der Waals surface area contributed by atoms with Crippen molar-refractivity contribution in [2.75, 3.05) is 26.3 Å². The Kier molecular flexibility index (Phi) is 7.15. The summed E-state index contributed by atoms with van der Waals surface area (Å²) in [6, 6.07) is 17.1. The zero-order valence-corrected chi connectivity index (χ0v) is 21.0. The molecule has 3 aromatic carbocycles. The Morgan fingerprint density at radius 2 is 1.69 bits per heavy atom. The number of benzene rings is 3. The van der Waals surface area contributed by atoms with Crippen LogP contribution < -0.4 is 0 Å². The van der Waals surface area contributed by atoms with E-state index in [1.54, 1.807) is 12.1 Å². The lowest BCUT2D eigenvalue weighted by Gasteiger charge is -2.34. The molecule has 0 aromatic heterocycles. The third-order valence-corrected chi connectivity index (χ3v) is 7.41. The van der Waals surface area contributed by atoms with E-state index in [1.165, 1.54) is 17.2 Å². The summed E-state index contributed by atoms with van der Waals surface area (Å²) in [6.45, 7) is 5.89. The van der Waals surface area contributed by atoms with Gasteiger partial charge in [0.05, 0.1) is 6.67 Å². The molecule has 1 saturated heterocycles. The molecule has 1 nitrogen and oxygen atoms in total. The van der Waals surface area contributed by atoms with Crippen molar-refractivity contribution in [2.24, 2.45) is 0 Å². The molecule has 3 aromatic rings. The van der Waals surface area contributed by atoms with Gasteiger partial charge in [-0.05, 0) is 114 Å². The van der Waals surface area contributed by atoms with E-state index in [2.05, 4.69) is 29.2 Å². The number of hydrogen-bond acceptors (Lipinski definition) is 1. The molecule has 2 aliphatic rings. The normalized spacial score (nSPS) is 16.0. The first-order chi connectivity index (χ1) is 17.4. The van der Waals surface area contributed by atoms with Gasteiger partial charge in [-0.25, -0.2) is 8.78 Å². The number of allylic oxidation sites excluding steroid dienone is 1. The van der Waals surface area contributed by atoms with Gasteiger partial charge in [0.1, 0.15) is 11.6 Å². The first kappa shape index (κ1) is 24.6. The lowest BCUT2D eigenvalue weighted by Crippen LogP contribution is -2.40. The van der Waals surface area contributed by atoms with Gasteiger partial charge in [0.2, 0.25) is 0 Å². The maximum atomic E-state index is 15.6. The van der Waals surface area contributed by atoms with Gasteiger partial charge in [-0.2, -0.15) is 0 Å². The average molecular weight is 488 g/mol. The number of likely N-dealkylation sites (tertiary alicyclic amines) is 1. The average Bonchev–Trinajstić information content (AvgIpc) is 3.01. The summed E-state index contributed by atoms with van der Waals surface area (Å²) in [5, 5.41) is 0. The summed E-state index contributed by atoms with van der Waals surface area (Å²) in [5.41, 5.74) is 10.0. The molecular formula is C32H32F3N. The van der Waals surface area contributed by atoms with Crippen LogP contribution in [0.25, 0.3) is 17.2 Å². The van der Waals surface area contributed by atoms with E-state index in [-0.39, 0.29) is 18.3 Å². The van der Waals surface area contributed by atoms with Crippen LogP contribution in [-0.2, 0) is 6.42 Å². The molecule has 0 radical (unpaired) electrons. The fourth-order valence-corrected chi connectivity index (χ4v) is 5.64. The molecule has 36 heavy (non-hydrogen) atoms. The minimum atomic E-state index is -0.302. The Hall–Kier alpha value is -3.11. The Labute approximate surface area is 212 Å². The molecule has 0 N–H and O–H groups in total. The predicted molar refractivity (Wildman–Crippen MR) is 143 cm³/mol. The maximum absolute atomic E-state index is 15.6. The summed E-state index contributed by atoms with van der Waals surface area (Å²) in [4.78, 5) is 2.18. The number of rotatable bonds is 6. The highest BCUT2D eigenvalue weighted by molar-refractivity contribution is 6.00. The van der Waals surface area contributed by atoms with E-state index >= 15 is 4.39 Å². The van der Waals surface area contributed by atoms with Crippen LogP contribution >= 0.6 is 0 Å². The number of nitrogens with zero attached hydrogens (tertiary/aromatic N) is 1.